The van der Waals surface area contributed by atoms with Gasteiger partial charge >= 0.3 is 5.97 Å². The van der Waals surface area contributed by atoms with E-state index < -0.39 is 0 Å². The third-order valence-electron chi connectivity index (χ3n) is 6.77. The minimum Gasteiger partial charge on any atom is -0.492 e. The molecule has 5 rings (SSSR count). The molecule has 0 amide bonds. The van der Waals surface area contributed by atoms with Crippen LogP contribution in [-0.2, 0) is 11.2 Å². The fraction of sp³-hybridized carbons (Fsp3) is 0.281. The van der Waals surface area contributed by atoms with Crippen LogP contribution in [0, 0.1) is 12.3 Å². The van der Waals surface area contributed by atoms with Crippen LogP contribution < -0.4 is 9.47 Å². The highest BCUT2D eigenvalue weighted by Gasteiger charge is 2.16. The highest BCUT2D eigenvalue weighted by Crippen LogP contribution is 2.41. The van der Waals surface area contributed by atoms with E-state index in [2.05, 4.69) is 47.2 Å². The number of piperidine rings is 1. The van der Waals surface area contributed by atoms with E-state index in [4.69, 9.17) is 15.9 Å². The number of thiophene rings is 1. The molecule has 5 heteroatoms. The van der Waals surface area contributed by atoms with Crippen LogP contribution in [0.25, 0.3) is 20.5 Å². The first-order chi connectivity index (χ1) is 18.1. The number of ether oxygens (including phenoxy) is 2. The van der Waals surface area contributed by atoms with Crippen LogP contribution in [0.15, 0.2) is 66.7 Å². The first kappa shape index (κ1) is 25.1. The van der Waals surface area contributed by atoms with Gasteiger partial charge in [0.05, 0.1) is 0 Å². The summed E-state index contributed by atoms with van der Waals surface area (Å²) >= 11 is 1.74. The van der Waals surface area contributed by atoms with E-state index in [1.165, 1.54) is 65.4 Å². The number of carbonyl (C=O) groups is 1. The molecule has 0 radical (unpaired) electrons. The van der Waals surface area contributed by atoms with Crippen LogP contribution in [0.4, 0.5) is 0 Å². The van der Waals surface area contributed by atoms with Crippen molar-refractivity contribution in [1.82, 2.24) is 4.90 Å². The SMILES string of the molecule is C#Cc1ccc2c(Cc3ccc(OCCN4CCCCC4)cc3)c(-c3ccc(OC(C)=O)cc3)sc2c1. The fourth-order valence-corrected chi connectivity index (χ4v) is 6.14. The zero-order valence-electron chi connectivity index (χ0n) is 21.2. The summed E-state index contributed by atoms with van der Waals surface area (Å²) in [5.74, 6) is 3.88. The maximum Gasteiger partial charge on any atom is 0.308 e. The number of terminal acetylenes is 1. The summed E-state index contributed by atoms with van der Waals surface area (Å²) in [4.78, 5) is 15.0. The van der Waals surface area contributed by atoms with Gasteiger partial charge in [-0.2, -0.15) is 0 Å². The second-order valence-electron chi connectivity index (χ2n) is 9.45. The predicted molar refractivity (Wildman–Crippen MR) is 152 cm³/mol. The molecule has 2 heterocycles. The molecule has 0 spiro atoms. The molecule has 4 nitrogen and oxygen atoms in total. The lowest BCUT2D eigenvalue weighted by Crippen LogP contribution is -2.33. The Hall–Kier alpha value is -3.59. The monoisotopic (exact) mass is 509 g/mol. The van der Waals surface area contributed by atoms with Crippen LogP contribution >= 0.6 is 11.3 Å². The molecule has 0 N–H and O–H groups in total. The molecule has 0 unspecified atom stereocenters. The molecule has 0 saturated carbocycles. The van der Waals surface area contributed by atoms with Crippen LogP contribution in [0.5, 0.6) is 11.5 Å². The quantitative estimate of drug-likeness (QED) is 0.147. The molecular formula is C32H31NO3S. The number of benzene rings is 3. The number of fused-ring (bicyclic) bond motifs is 1. The molecule has 1 aliphatic heterocycles. The summed E-state index contributed by atoms with van der Waals surface area (Å²) in [5, 5.41) is 1.21. The summed E-state index contributed by atoms with van der Waals surface area (Å²) in [6.45, 7) is 5.50. The largest absolute Gasteiger partial charge is 0.492 e. The smallest absolute Gasteiger partial charge is 0.308 e. The molecule has 188 valence electrons. The molecule has 3 aromatic carbocycles. The lowest BCUT2D eigenvalue weighted by molar-refractivity contribution is -0.131. The average Bonchev–Trinajstić information content (AvgIpc) is 3.27. The third-order valence-corrected chi connectivity index (χ3v) is 8.01. The fourth-order valence-electron chi connectivity index (χ4n) is 4.87. The van der Waals surface area contributed by atoms with Crippen molar-refractivity contribution in [2.45, 2.75) is 32.6 Å². The number of nitrogens with zero attached hydrogens (tertiary/aromatic N) is 1. The molecule has 1 saturated heterocycles. The lowest BCUT2D eigenvalue weighted by Gasteiger charge is -2.26. The number of hydrogen-bond acceptors (Lipinski definition) is 5. The molecule has 1 aromatic heterocycles. The van der Waals surface area contributed by atoms with Gasteiger partial charge in [0, 0.05) is 28.6 Å². The van der Waals surface area contributed by atoms with Crippen molar-refractivity contribution in [2.75, 3.05) is 26.2 Å². The van der Waals surface area contributed by atoms with Crippen molar-refractivity contribution in [1.29, 1.82) is 0 Å². The van der Waals surface area contributed by atoms with Gasteiger partial charge in [0.15, 0.2) is 0 Å². The summed E-state index contributed by atoms with van der Waals surface area (Å²) in [7, 11) is 0. The van der Waals surface area contributed by atoms with E-state index in [9.17, 15) is 4.79 Å². The number of esters is 1. The van der Waals surface area contributed by atoms with E-state index in [0.29, 0.717) is 5.75 Å². The molecule has 4 aromatic rings. The Labute approximate surface area is 222 Å². The topological polar surface area (TPSA) is 38.8 Å². The highest BCUT2D eigenvalue weighted by molar-refractivity contribution is 7.22. The van der Waals surface area contributed by atoms with Crippen molar-refractivity contribution >= 4 is 27.4 Å². The van der Waals surface area contributed by atoms with Crippen molar-refractivity contribution in [3.8, 4) is 34.3 Å². The van der Waals surface area contributed by atoms with E-state index >= 15 is 0 Å². The van der Waals surface area contributed by atoms with Gasteiger partial charge in [0.2, 0.25) is 0 Å². The highest BCUT2D eigenvalue weighted by atomic mass is 32.1. The molecular weight excluding hydrogens is 478 g/mol. The third kappa shape index (κ3) is 6.22. The molecule has 37 heavy (non-hydrogen) atoms. The Morgan fingerprint density at radius 3 is 2.41 bits per heavy atom. The molecule has 0 aliphatic carbocycles. The Kier molecular flexibility index (Phi) is 7.89. The maximum atomic E-state index is 11.3. The second kappa shape index (κ2) is 11.6. The first-order valence-electron chi connectivity index (χ1n) is 12.8. The number of hydrogen-bond donors (Lipinski definition) is 0. The van der Waals surface area contributed by atoms with E-state index in [1.54, 1.807) is 11.3 Å². The zero-order chi connectivity index (χ0) is 25.6. The number of carbonyl (C=O) groups excluding carboxylic acids is 1. The van der Waals surface area contributed by atoms with Crippen molar-refractivity contribution < 1.29 is 14.3 Å². The van der Waals surface area contributed by atoms with Crippen molar-refractivity contribution in [3.63, 3.8) is 0 Å². The van der Waals surface area contributed by atoms with E-state index in [1.807, 2.05) is 30.3 Å². The molecule has 1 fully saturated rings. The minimum absolute atomic E-state index is 0.323. The van der Waals surface area contributed by atoms with Crippen LogP contribution in [-0.4, -0.2) is 37.1 Å². The van der Waals surface area contributed by atoms with E-state index in [-0.39, 0.29) is 5.97 Å². The van der Waals surface area contributed by atoms with Gasteiger partial charge in [0.1, 0.15) is 18.1 Å². The maximum absolute atomic E-state index is 11.3. The van der Waals surface area contributed by atoms with Gasteiger partial charge in [-0.15, -0.1) is 17.8 Å². The second-order valence-corrected chi connectivity index (χ2v) is 10.5. The minimum atomic E-state index is -0.323. The van der Waals surface area contributed by atoms with E-state index in [0.717, 1.165) is 36.4 Å². The first-order valence-corrected chi connectivity index (χ1v) is 13.7. The van der Waals surface area contributed by atoms with Gasteiger partial charge < -0.3 is 9.47 Å². The molecule has 0 atom stereocenters. The van der Waals surface area contributed by atoms with Crippen molar-refractivity contribution in [3.05, 3.63) is 83.4 Å². The van der Waals surface area contributed by atoms with Gasteiger partial charge in [-0.25, -0.2) is 0 Å². The van der Waals surface area contributed by atoms with Gasteiger partial charge in [-0.1, -0.05) is 30.5 Å². The Balaban J connectivity index is 1.36. The van der Waals surface area contributed by atoms with Gasteiger partial charge in [-0.05, 0) is 103 Å². The van der Waals surface area contributed by atoms with Crippen LogP contribution in [0.2, 0.25) is 0 Å². The number of likely N-dealkylation sites (tertiary alicyclic amines) is 1. The summed E-state index contributed by atoms with van der Waals surface area (Å²) < 4.78 is 12.4. The van der Waals surface area contributed by atoms with Crippen LogP contribution in [0.3, 0.4) is 0 Å². The van der Waals surface area contributed by atoms with Gasteiger partial charge in [-0.3, -0.25) is 9.69 Å². The zero-order valence-corrected chi connectivity index (χ0v) is 22.0. The Morgan fingerprint density at radius 1 is 0.973 bits per heavy atom. The molecule has 0 bridgehead atoms. The predicted octanol–water partition coefficient (Wildman–Crippen LogP) is 6.93. The number of rotatable bonds is 8. The Morgan fingerprint density at radius 2 is 1.70 bits per heavy atom. The summed E-state index contributed by atoms with van der Waals surface area (Å²) in [5.41, 5.74) is 4.46. The Bertz CT molecular complexity index is 1410. The molecule has 1 aliphatic rings. The summed E-state index contributed by atoms with van der Waals surface area (Å²) in [6, 6.07) is 22.4. The lowest BCUT2D eigenvalue weighted by atomic mass is 9.98. The standard InChI is InChI=1S/C32H31NO3S/c1-3-24-9-16-29-30(32(37-31(29)22-24)26-10-14-28(15-11-26)36-23(2)34)21-25-7-12-27(13-8-25)35-20-19-33-17-5-4-6-18-33/h1,7-16,22H,4-6,17-21H2,2H3. The van der Waals surface area contributed by atoms with Gasteiger partial charge in [0.25, 0.3) is 0 Å². The normalized spacial score (nSPS) is 13.8. The van der Waals surface area contributed by atoms with Crippen LogP contribution in [0.1, 0.15) is 42.9 Å². The van der Waals surface area contributed by atoms with Crippen molar-refractivity contribution in [2.24, 2.45) is 0 Å². The average molecular weight is 510 g/mol. The summed E-state index contributed by atoms with van der Waals surface area (Å²) in [6.07, 6.45) is 10.4.